The van der Waals surface area contributed by atoms with E-state index in [0.29, 0.717) is 38.3 Å². The van der Waals surface area contributed by atoms with Crippen LogP contribution < -0.4 is 24.4 Å². The van der Waals surface area contributed by atoms with Gasteiger partial charge in [-0.25, -0.2) is 9.79 Å². The minimum atomic E-state index is -4.78. The summed E-state index contributed by atoms with van der Waals surface area (Å²) in [5.41, 5.74) is -0.598. The number of nitrogens with zero attached hydrogens (tertiary/aromatic N) is 3. The van der Waals surface area contributed by atoms with Crippen molar-refractivity contribution in [3.05, 3.63) is 124 Å². The number of benzene rings is 3. The van der Waals surface area contributed by atoms with Gasteiger partial charge in [-0.15, -0.1) is 0 Å². The second-order valence-electron chi connectivity index (χ2n) is 9.66. The molecule has 0 aliphatic carbocycles. The molecule has 0 saturated carbocycles. The molecule has 4 aromatic rings. The largest absolute Gasteiger partial charge is 0.493 e. The zero-order chi connectivity index (χ0) is 32.5. The van der Waals surface area contributed by atoms with Crippen LogP contribution in [0.2, 0.25) is 0 Å². The van der Waals surface area contributed by atoms with E-state index < -0.39 is 45.7 Å². The molecule has 1 aliphatic heterocycles. The molecule has 1 atom stereocenters. The minimum Gasteiger partial charge on any atom is -0.493 e. The van der Waals surface area contributed by atoms with E-state index in [2.05, 4.69) is 4.99 Å². The first-order chi connectivity index (χ1) is 21.4. The van der Waals surface area contributed by atoms with Gasteiger partial charge in [-0.3, -0.25) is 19.5 Å². The van der Waals surface area contributed by atoms with Crippen molar-refractivity contribution in [1.29, 1.82) is 0 Å². The number of hydrogen-bond donors (Lipinski definition) is 0. The first-order valence-electron chi connectivity index (χ1n) is 13.4. The lowest BCUT2D eigenvalue weighted by molar-refractivity contribution is -0.385. The Kier molecular flexibility index (Phi) is 8.60. The molecule has 0 unspecified atom stereocenters. The van der Waals surface area contributed by atoms with E-state index in [1.807, 2.05) is 18.2 Å². The zero-order valence-corrected chi connectivity index (χ0v) is 24.8. The van der Waals surface area contributed by atoms with Crippen molar-refractivity contribution in [2.75, 3.05) is 13.7 Å². The average Bonchev–Trinajstić information content (AvgIpc) is 3.30. The number of rotatable bonds is 8. The molecule has 5 rings (SSSR count). The third-order valence-corrected chi connectivity index (χ3v) is 7.80. The van der Waals surface area contributed by atoms with Crippen LogP contribution in [-0.2, 0) is 15.7 Å². The number of aromatic nitrogens is 1. The summed E-state index contributed by atoms with van der Waals surface area (Å²) in [6.07, 6.45) is -3.19. The van der Waals surface area contributed by atoms with Gasteiger partial charge in [-0.05, 0) is 55.3 Å². The van der Waals surface area contributed by atoms with Gasteiger partial charge in [0.2, 0.25) is 5.75 Å². The number of nitro groups is 1. The summed E-state index contributed by atoms with van der Waals surface area (Å²) in [6, 6.07) is 14.7. The first kappa shape index (κ1) is 31.2. The van der Waals surface area contributed by atoms with Gasteiger partial charge < -0.3 is 14.2 Å². The molecule has 45 heavy (non-hydrogen) atoms. The molecule has 0 spiro atoms. The number of thiazole rings is 1. The molecule has 0 saturated heterocycles. The summed E-state index contributed by atoms with van der Waals surface area (Å²) in [7, 11) is 1.32. The summed E-state index contributed by atoms with van der Waals surface area (Å²) < 4.78 is 57.4. The topological polar surface area (TPSA) is 122 Å². The van der Waals surface area contributed by atoms with Crippen LogP contribution in [0.4, 0.5) is 18.9 Å². The van der Waals surface area contributed by atoms with Crippen LogP contribution in [0.1, 0.15) is 36.6 Å². The molecule has 1 aliphatic rings. The average molecular weight is 640 g/mol. The normalized spacial score (nSPS) is 14.9. The van der Waals surface area contributed by atoms with Crippen molar-refractivity contribution < 1.29 is 37.1 Å². The first-order valence-corrected chi connectivity index (χ1v) is 14.2. The molecule has 0 radical (unpaired) electrons. The molecular weight excluding hydrogens is 615 g/mol. The number of fused-ring (bicyclic) bond motifs is 1. The summed E-state index contributed by atoms with van der Waals surface area (Å²) in [5, 5.41) is 11.5. The molecule has 232 valence electrons. The molecule has 2 heterocycles. The molecule has 3 aromatic carbocycles. The number of hydrogen-bond acceptors (Lipinski definition) is 9. The Balaban J connectivity index is 1.56. The molecule has 0 amide bonds. The van der Waals surface area contributed by atoms with Crippen LogP contribution in [0.15, 0.2) is 87.8 Å². The molecule has 10 nitrogen and oxygen atoms in total. The molecule has 0 N–H and O–H groups in total. The van der Waals surface area contributed by atoms with E-state index in [9.17, 15) is 32.9 Å². The van der Waals surface area contributed by atoms with Crippen LogP contribution in [0.25, 0.3) is 6.08 Å². The van der Waals surface area contributed by atoms with Crippen molar-refractivity contribution >= 4 is 29.1 Å². The van der Waals surface area contributed by atoms with Crippen LogP contribution in [0.3, 0.4) is 0 Å². The van der Waals surface area contributed by atoms with E-state index in [1.54, 1.807) is 38.1 Å². The van der Waals surface area contributed by atoms with Crippen LogP contribution >= 0.6 is 11.3 Å². The predicted molar refractivity (Wildman–Crippen MR) is 158 cm³/mol. The van der Waals surface area contributed by atoms with Gasteiger partial charge in [0.05, 0.1) is 46.0 Å². The number of carbonyl (C=O) groups excluding carboxylic acids is 1. The van der Waals surface area contributed by atoms with Crippen molar-refractivity contribution in [1.82, 2.24) is 4.57 Å². The highest BCUT2D eigenvalue weighted by Crippen LogP contribution is 2.40. The molecule has 14 heteroatoms. The number of nitro benzene ring substituents is 1. The number of methoxy groups -OCH3 is 1. The van der Waals surface area contributed by atoms with Crippen molar-refractivity contribution in [2.24, 2.45) is 4.99 Å². The van der Waals surface area contributed by atoms with Crippen LogP contribution in [-0.4, -0.2) is 29.2 Å². The third kappa shape index (κ3) is 6.22. The van der Waals surface area contributed by atoms with Gasteiger partial charge in [0.1, 0.15) is 0 Å². The standard InChI is InChI=1S/C31H24F3N3O7S/c1-4-43-29(39)26-17(2)35-30-36(27(26)19-8-6-5-7-9-19)28(38)25(45-30)15-18-10-12-23(24(14-18)42-3)44-22-13-11-20(31(32,33)34)16-21(22)37(40)41/h5-16,27H,4H2,1-3H3/b25-15-/t27-/m1/s1. The third-order valence-electron chi connectivity index (χ3n) is 6.82. The van der Waals surface area contributed by atoms with E-state index in [1.165, 1.54) is 23.8 Å². The Hall–Kier alpha value is -5.24. The maximum atomic E-state index is 13.8. The monoisotopic (exact) mass is 639 g/mol. The fraction of sp³-hybridized carbons (Fsp3) is 0.194. The number of alkyl halides is 3. The van der Waals surface area contributed by atoms with E-state index in [0.717, 1.165) is 17.4 Å². The lowest BCUT2D eigenvalue weighted by atomic mass is 9.96. The van der Waals surface area contributed by atoms with E-state index in [4.69, 9.17) is 14.2 Å². The Morgan fingerprint density at radius 2 is 1.80 bits per heavy atom. The van der Waals surface area contributed by atoms with Crippen molar-refractivity contribution in [3.63, 3.8) is 0 Å². The Morgan fingerprint density at radius 1 is 1.09 bits per heavy atom. The van der Waals surface area contributed by atoms with Crippen molar-refractivity contribution in [3.8, 4) is 17.2 Å². The van der Waals surface area contributed by atoms with Gasteiger partial charge in [-0.1, -0.05) is 47.7 Å². The summed E-state index contributed by atoms with van der Waals surface area (Å²) >= 11 is 1.12. The van der Waals surface area contributed by atoms with E-state index >= 15 is 0 Å². The second-order valence-corrected chi connectivity index (χ2v) is 10.7. The van der Waals surface area contributed by atoms with Gasteiger partial charge >= 0.3 is 17.8 Å². The molecule has 0 fully saturated rings. The van der Waals surface area contributed by atoms with Gasteiger partial charge in [-0.2, -0.15) is 13.2 Å². The Morgan fingerprint density at radius 3 is 2.44 bits per heavy atom. The predicted octanol–water partition coefficient (Wildman–Crippen LogP) is 5.53. The number of carbonyl (C=O) groups is 1. The van der Waals surface area contributed by atoms with Gasteiger partial charge in [0, 0.05) is 6.07 Å². The maximum Gasteiger partial charge on any atom is 0.416 e. The van der Waals surface area contributed by atoms with Crippen LogP contribution in [0.5, 0.6) is 17.2 Å². The lowest BCUT2D eigenvalue weighted by Gasteiger charge is -2.24. The maximum absolute atomic E-state index is 13.8. The number of ether oxygens (including phenoxy) is 3. The second kappa shape index (κ2) is 12.4. The highest BCUT2D eigenvalue weighted by Gasteiger charge is 2.34. The number of esters is 1. The van der Waals surface area contributed by atoms with Crippen LogP contribution in [0, 0.1) is 10.1 Å². The Labute approximate surface area is 257 Å². The number of allylic oxidation sites excluding steroid dienone is 1. The smallest absolute Gasteiger partial charge is 0.416 e. The molecule has 1 aromatic heterocycles. The zero-order valence-electron chi connectivity index (χ0n) is 24.0. The van der Waals surface area contributed by atoms with Gasteiger partial charge in [0.15, 0.2) is 16.3 Å². The Bertz CT molecular complexity index is 2020. The summed E-state index contributed by atoms with van der Waals surface area (Å²) in [5.74, 6) is -0.886. The number of halogens is 3. The summed E-state index contributed by atoms with van der Waals surface area (Å²) in [4.78, 5) is 42.2. The SMILES string of the molecule is CCOC(=O)C1=C(C)N=c2s/c(=C\c3ccc(Oc4ccc(C(F)(F)F)cc4[N+](=O)[O-])c(OC)c3)c(=O)n2[C@@H]1c1ccccc1. The molecule has 0 bridgehead atoms. The highest BCUT2D eigenvalue weighted by molar-refractivity contribution is 7.07. The van der Waals surface area contributed by atoms with Crippen molar-refractivity contribution in [2.45, 2.75) is 26.1 Å². The van der Waals surface area contributed by atoms with E-state index in [-0.39, 0.29) is 23.7 Å². The highest BCUT2D eigenvalue weighted by atomic mass is 32.1. The lowest BCUT2D eigenvalue weighted by Crippen LogP contribution is -2.39. The fourth-order valence-electron chi connectivity index (χ4n) is 4.79. The van der Waals surface area contributed by atoms with Gasteiger partial charge in [0.25, 0.3) is 5.56 Å². The fourth-order valence-corrected chi connectivity index (χ4v) is 5.84. The summed E-state index contributed by atoms with van der Waals surface area (Å²) in [6.45, 7) is 3.52. The quantitative estimate of drug-likeness (QED) is 0.141. The minimum absolute atomic E-state index is 0.00208. The molecular formula is C31H24F3N3O7S.